The monoisotopic (exact) mass is 452 g/mol. The molecule has 0 atom stereocenters. The number of carbonyl (C=O) groups excluding carboxylic acids is 1. The second-order valence-corrected chi connectivity index (χ2v) is 9.39. The smallest absolute Gasteiger partial charge is 0.262 e. The zero-order valence-electron chi connectivity index (χ0n) is 18.7. The van der Waals surface area contributed by atoms with Gasteiger partial charge in [0.25, 0.3) is 15.9 Å². The highest BCUT2D eigenvalue weighted by atomic mass is 32.2. The van der Waals surface area contributed by atoms with Gasteiger partial charge < -0.3 is 10.1 Å². The van der Waals surface area contributed by atoms with Crippen LogP contribution in [-0.2, 0) is 16.4 Å². The molecular formula is C25H28N2O4S. The van der Waals surface area contributed by atoms with Gasteiger partial charge in [-0.15, -0.1) is 0 Å². The van der Waals surface area contributed by atoms with E-state index in [1.165, 1.54) is 6.07 Å². The predicted molar refractivity (Wildman–Crippen MR) is 127 cm³/mol. The van der Waals surface area contributed by atoms with Crippen molar-refractivity contribution in [1.29, 1.82) is 0 Å². The number of benzene rings is 3. The minimum atomic E-state index is -3.84. The third kappa shape index (κ3) is 5.68. The fraction of sp³-hybridized carbons (Fsp3) is 0.240. The Morgan fingerprint density at radius 3 is 2.22 bits per heavy atom. The summed E-state index contributed by atoms with van der Waals surface area (Å²) in [6.07, 6.45) is 0.654. The van der Waals surface area contributed by atoms with Crippen LogP contribution in [0.2, 0.25) is 0 Å². The first-order valence-electron chi connectivity index (χ1n) is 10.3. The Labute approximate surface area is 189 Å². The van der Waals surface area contributed by atoms with Gasteiger partial charge >= 0.3 is 0 Å². The van der Waals surface area contributed by atoms with Crippen LogP contribution < -0.4 is 14.8 Å². The van der Waals surface area contributed by atoms with Gasteiger partial charge in [0.1, 0.15) is 5.75 Å². The van der Waals surface area contributed by atoms with Crippen LogP contribution in [0.4, 0.5) is 5.69 Å². The molecule has 3 aromatic carbocycles. The normalized spacial score (nSPS) is 11.1. The number of aryl methyl sites for hydroxylation is 3. The fourth-order valence-corrected chi connectivity index (χ4v) is 4.58. The number of rotatable bonds is 8. The van der Waals surface area contributed by atoms with Gasteiger partial charge in [0.15, 0.2) is 0 Å². The average Bonchev–Trinajstić information content (AvgIpc) is 2.76. The Balaban J connectivity index is 1.70. The van der Waals surface area contributed by atoms with Crippen molar-refractivity contribution in [2.75, 3.05) is 18.4 Å². The Kier molecular flexibility index (Phi) is 7.20. The number of hydrogen-bond acceptors (Lipinski definition) is 4. The minimum absolute atomic E-state index is 0.0820. The summed E-state index contributed by atoms with van der Waals surface area (Å²) in [4.78, 5) is 12.7. The van der Waals surface area contributed by atoms with Crippen molar-refractivity contribution in [2.45, 2.75) is 32.1 Å². The van der Waals surface area contributed by atoms with Crippen LogP contribution in [0.25, 0.3) is 0 Å². The summed E-state index contributed by atoms with van der Waals surface area (Å²) < 4.78 is 33.7. The molecule has 0 saturated carbocycles. The van der Waals surface area contributed by atoms with Crippen molar-refractivity contribution < 1.29 is 17.9 Å². The molecule has 6 nitrogen and oxygen atoms in total. The first-order valence-corrected chi connectivity index (χ1v) is 11.8. The zero-order valence-corrected chi connectivity index (χ0v) is 19.5. The number of sulfonamides is 1. The van der Waals surface area contributed by atoms with Gasteiger partial charge in [-0.3, -0.25) is 9.52 Å². The van der Waals surface area contributed by atoms with Crippen molar-refractivity contribution in [1.82, 2.24) is 5.32 Å². The van der Waals surface area contributed by atoms with Crippen LogP contribution in [0.15, 0.2) is 65.6 Å². The van der Waals surface area contributed by atoms with E-state index in [9.17, 15) is 13.2 Å². The molecular weight excluding hydrogens is 424 g/mol. The van der Waals surface area contributed by atoms with Crippen LogP contribution in [0.1, 0.15) is 32.6 Å². The molecule has 0 spiro atoms. The van der Waals surface area contributed by atoms with E-state index in [2.05, 4.69) is 10.0 Å². The first-order chi connectivity index (χ1) is 15.2. The van der Waals surface area contributed by atoms with Gasteiger partial charge in [-0.1, -0.05) is 24.3 Å². The lowest BCUT2D eigenvalue weighted by Crippen LogP contribution is -2.26. The lowest BCUT2D eigenvalue weighted by Gasteiger charge is -2.13. The second-order valence-electron chi connectivity index (χ2n) is 7.74. The molecule has 0 radical (unpaired) electrons. The summed E-state index contributed by atoms with van der Waals surface area (Å²) in [6.45, 7) is 6.03. The fourth-order valence-electron chi connectivity index (χ4n) is 3.26. The number of hydrogen-bond donors (Lipinski definition) is 2. The predicted octanol–water partition coefficient (Wildman–Crippen LogP) is 4.39. The summed E-state index contributed by atoms with van der Waals surface area (Å²) in [6, 6.07) is 17.7. The van der Waals surface area contributed by atoms with Crippen molar-refractivity contribution in [2.24, 2.45) is 0 Å². The topological polar surface area (TPSA) is 84.5 Å². The second kappa shape index (κ2) is 9.87. The van der Waals surface area contributed by atoms with Gasteiger partial charge in [-0.05, 0) is 85.8 Å². The zero-order chi connectivity index (χ0) is 23.3. The maximum atomic E-state index is 13.0. The summed E-state index contributed by atoms with van der Waals surface area (Å²) in [5, 5.41) is 2.85. The van der Waals surface area contributed by atoms with E-state index in [1.54, 1.807) is 38.3 Å². The van der Waals surface area contributed by atoms with Crippen LogP contribution >= 0.6 is 0 Å². The van der Waals surface area contributed by atoms with Gasteiger partial charge in [-0.2, -0.15) is 0 Å². The molecule has 3 aromatic rings. The van der Waals surface area contributed by atoms with E-state index in [4.69, 9.17) is 4.74 Å². The van der Waals surface area contributed by atoms with Gasteiger partial charge in [0.2, 0.25) is 0 Å². The van der Waals surface area contributed by atoms with E-state index in [1.807, 2.05) is 44.2 Å². The van der Waals surface area contributed by atoms with E-state index < -0.39 is 10.0 Å². The molecule has 3 rings (SSSR count). The molecule has 0 aromatic heterocycles. The minimum Gasteiger partial charge on any atom is -0.497 e. The first kappa shape index (κ1) is 23.3. The number of nitrogens with one attached hydrogen (secondary N) is 2. The Hall–Kier alpha value is -3.32. The van der Waals surface area contributed by atoms with Crippen molar-refractivity contribution in [3.8, 4) is 5.75 Å². The molecule has 0 fully saturated rings. The largest absolute Gasteiger partial charge is 0.497 e. The van der Waals surface area contributed by atoms with Gasteiger partial charge in [0, 0.05) is 17.8 Å². The molecule has 1 amide bonds. The summed E-state index contributed by atoms with van der Waals surface area (Å²) in [7, 11) is -2.23. The molecule has 0 bridgehead atoms. The Morgan fingerprint density at radius 2 is 1.56 bits per heavy atom. The summed E-state index contributed by atoms with van der Waals surface area (Å²) in [5.41, 5.74) is 4.49. The van der Waals surface area contributed by atoms with Crippen LogP contribution in [-0.4, -0.2) is 28.0 Å². The lowest BCUT2D eigenvalue weighted by molar-refractivity contribution is 0.0954. The SMILES string of the molecule is COc1ccc(CCNC(=O)c2ccc(C)c(S(=O)(=O)Nc3ccc(C)c(C)c3)c2)cc1. The van der Waals surface area contributed by atoms with E-state index in [0.29, 0.717) is 29.8 Å². The third-order valence-corrected chi connectivity index (χ3v) is 6.88. The maximum absolute atomic E-state index is 13.0. The quantitative estimate of drug-likeness (QED) is 0.531. The lowest BCUT2D eigenvalue weighted by atomic mass is 10.1. The van der Waals surface area contributed by atoms with Gasteiger partial charge in [0.05, 0.1) is 12.0 Å². The molecule has 32 heavy (non-hydrogen) atoms. The molecule has 0 aliphatic heterocycles. The van der Waals surface area contributed by atoms with E-state index >= 15 is 0 Å². The molecule has 0 aliphatic carbocycles. The van der Waals surface area contributed by atoms with Crippen LogP contribution in [0.5, 0.6) is 5.75 Å². The molecule has 0 aliphatic rings. The highest BCUT2D eigenvalue weighted by Gasteiger charge is 2.19. The Bertz CT molecular complexity index is 1220. The number of amides is 1. The number of anilines is 1. The number of ether oxygens (including phenoxy) is 1. The molecule has 0 saturated heterocycles. The van der Waals surface area contributed by atoms with Crippen LogP contribution in [0, 0.1) is 20.8 Å². The van der Waals surface area contributed by atoms with Crippen molar-refractivity contribution in [3.05, 3.63) is 88.5 Å². The Morgan fingerprint density at radius 1 is 0.875 bits per heavy atom. The number of carbonyl (C=O) groups is 1. The molecule has 0 unspecified atom stereocenters. The summed E-state index contributed by atoms with van der Waals surface area (Å²) >= 11 is 0. The highest BCUT2D eigenvalue weighted by molar-refractivity contribution is 7.92. The molecule has 2 N–H and O–H groups in total. The molecule has 168 valence electrons. The van der Waals surface area contributed by atoms with Crippen LogP contribution in [0.3, 0.4) is 0 Å². The maximum Gasteiger partial charge on any atom is 0.262 e. The molecule has 7 heteroatoms. The third-order valence-electron chi connectivity index (χ3n) is 5.36. The summed E-state index contributed by atoms with van der Waals surface area (Å²) in [5.74, 6) is 0.460. The van der Waals surface area contributed by atoms with Crippen molar-refractivity contribution >= 4 is 21.6 Å². The van der Waals surface area contributed by atoms with Crippen molar-refractivity contribution in [3.63, 3.8) is 0 Å². The molecule has 0 heterocycles. The number of methoxy groups -OCH3 is 1. The standard InChI is InChI=1S/C25H28N2O4S/c1-17-6-10-22(15-19(17)3)27-32(29,30)24-16-21(9-5-18(24)2)25(28)26-14-13-20-7-11-23(31-4)12-8-20/h5-12,15-16,27H,13-14H2,1-4H3,(H,26,28). The average molecular weight is 453 g/mol. The van der Waals surface area contributed by atoms with Gasteiger partial charge in [-0.25, -0.2) is 8.42 Å². The van der Waals surface area contributed by atoms with E-state index in [0.717, 1.165) is 22.4 Å². The van der Waals surface area contributed by atoms with E-state index in [-0.39, 0.29) is 10.8 Å². The highest BCUT2D eigenvalue weighted by Crippen LogP contribution is 2.22.